The molecule has 4 rings (SSSR count). The van der Waals surface area contributed by atoms with E-state index in [1.165, 1.54) is 11.1 Å². The molecular formula is C19H23N3O2. The van der Waals surface area contributed by atoms with Gasteiger partial charge in [0.2, 0.25) is 0 Å². The highest BCUT2D eigenvalue weighted by Gasteiger charge is 2.35. The van der Waals surface area contributed by atoms with E-state index in [9.17, 15) is 4.79 Å². The molecule has 0 spiro atoms. The summed E-state index contributed by atoms with van der Waals surface area (Å²) >= 11 is 0. The first-order valence-corrected chi connectivity index (χ1v) is 8.66. The Balaban J connectivity index is 1.46. The van der Waals surface area contributed by atoms with E-state index in [1.54, 1.807) is 6.20 Å². The number of aromatic nitrogens is 2. The molecule has 2 aliphatic rings. The van der Waals surface area contributed by atoms with Gasteiger partial charge in [-0.1, -0.05) is 6.07 Å². The van der Waals surface area contributed by atoms with Gasteiger partial charge in [0.05, 0.1) is 0 Å². The van der Waals surface area contributed by atoms with Crippen LogP contribution in [0, 0.1) is 13.8 Å². The zero-order chi connectivity index (χ0) is 16.7. The normalized spacial score (nSPS) is 23.0. The number of piperidine rings is 1. The smallest absolute Gasteiger partial charge is 0.264 e. The zero-order valence-corrected chi connectivity index (χ0v) is 14.2. The molecule has 1 aromatic carbocycles. The second-order valence-corrected chi connectivity index (χ2v) is 6.99. The van der Waals surface area contributed by atoms with Crippen LogP contribution in [-0.2, 0) is 11.2 Å². The maximum atomic E-state index is 12.9. The molecule has 5 heteroatoms. The molecule has 0 aliphatic carbocycles. The number of hydrogen-bond donors (Lipinski definition) is 1. The Labute approximate surface area is 142 Å². The van der Waals surface area contributed by atoms with Gasteiger partial charge < -0.3 is 9.64 Å². The minimum Gasteiger partial charge on any atom is -0.480 e. The summed E-state index contributed by atoms with van der Waals surface area (Å²) in [5.41, 5.74) is 4.73. The Hall–Kier alpha value is -2.30. The number of nitrogens with one attached hydrogen (secondary N) is 1. The lowest BCUT2D eigenvalue weighted by Gasteiger charge is -2.33. The number of carbonyl (C=O) groups excluding carboxylic acids is 1. The van der Waals surface area contributed by atoms with Gasteiger partial charge in [-0.15, -0.1) is 0 Å². The first kappa shape index (κ1) is 15.2. The van der Waals surface area contributed by atoms with Crippen LogP contribution in [0.4, 0.5) is 0 Å². The number of rotatable bonds is 2. The van der Waals surface area contributed by atoms with Crippen LogP contribution in [0.3, 0.4) is 0 Å². The molecule has 0 radical (unpaired) electrons. The molecule has 2 aromatic rings. The summed E-state index contributed by atoms with van der Waals surface area (Å²) in [5.74, 6) is 1.34. The van der Waals surface area contributed by atoms with Crippen LogP contribution in [0.25, 0.3) is 0 Å². The van der Waals surface area contributed by atoms with Crippen LogP contribution in [0.1, 0.15) is 41.1 Å². The topological polar surface area (TPSA) is 58.2 Å². The molecule has 2 atom stereocenters. The Morgan fingerprint density at radius 2 is 2.17 bits per heavy atom. The number of ether oxygens (including phenoxy) is 1. The number of likely N-dealkylation sites (tertiary alicyclic amines) is 1. The van der Waals surface area contributed by atoms with Gasteiger partial charge in [0, 0.05) is 37.3 Å². The van der Waals surface area contributed by atoms with Gasteiger partial charge >= 0.3 is 0 Å². The van der Waals surface area contributed by atoms with E-state index >= 15 is 0 Å². The molecule has 24 heavy (non-hydrogen) atoms. The lowest BCUT2D eigenvalue weighted by Crippen LogP contribution is -2.46. The van der Waals surface area contributed by atoms with Crippen molar-refractivity contribution in [3.05, 3.63) is 46.8 Å². The van der Waals surface area contributed by atoms with Crippen LogP contribution in [-0.4, -0.2) is 40.2 Å². The Kier molecular flexibility index (Phi) is 3.79. The molecule has 1 aromatic heterocycles. The van der Waals surface area contributed by atoms with Gasteiger partial charge in [-0.3, -0.25) is 9.89 Å². The summed E-state index contributed by atoms with van der Waals surface area (Å²) in [6, 6.07) is 6.22. The molecule has 3 heterocycles. The molecule has 1 fully saturated rings. The molecule has 0 saturated carbocycles. The molecule has 1 saturated heterocycles. The number of fused-ring (bicyclic) bond motifs is 1. The standard InChI is InChI=1S/C19H23N3O2/c1-12-8-15-10-18(24-17(15)9-13(12)2)19(23)22-7-3-4-14(11-22)16-5-6-20-21-16/h5-6,8-9,14,18H,3-4,7,10-11H2,1-2H3,(H,20,21)/t14-,18-/m0/s1. The summed E-state index contributed by atoms with van der Waals surface area (Å²) in [7, 11) is 0. The third kappa shape index (κ3) is 2.68. The number of H-pyrrole nitrogens is 1. The van der Waals surface area contributed by atoms with E-state index in [0.717, 1.165) is 42.9 Å². The van der Waals surface area contributed by atoms with E-state index in [-0.39, 0.29) is 12.0 Å². The van der Waals surface area contributed by atoms with E-state index in [1.807, 2.05) is 11.0 Å². The van der Waals surface area contributed by atoms with Crippen molar-refractivity contribution < 1.29 is 9.53 Å². The van der Waals surface area contributed by atoms with Crippen molar-refractivity contribution in [2.75, 3.05) is 13.1 Å². The highest BCUT2D eigenvalue weighted by molar-refractivity contribution is 5.83. The highest BCUT2D eigenvalue weighted by atomic mass is 16.5. The average molecular weight is 325 g/mol. The quantitative estimate of drug-likeness (QED) is 0.923. The predicted octanol–water partition coefficient (Wildman–Crippen LogP) is 2.74. The minimum atomic E-state index is -0.373. The molecule has 2 aliphatic heterocycles. The molecule has 126 valence electrons. The summed E-state index contributed by atoms with van der Waals surface area (Å²) in [5, 5.41) is 7.08. The fourth-order valence-corrected chi connectivity index (χ4v) is 3.78. The lowest BCUT2D eigenvalue weighted by molar-refractivity contribution is -0.139. The van der Waals surface area contributed by atoms with E-state index in [4.69, 9.17) is 4.74 Å². The zero-order valence-electron chi connectivity index (χ0n) is 14.2. The van der Waals surface area contributed by atoms with Crippen molar-refractivity contribution in [1.29, 1.82) is 0 Å². The van der Waals surface area contributed by atoms with Crippen molar-refractivity contribution in [2.24, 2.45) is 0 Å². The molecule has 1 amide bonds. The van der Waals surface area contributed by atoms with Gasteiger partial charge in [0.25, 0.3) is 5.91 Å². The summed E-state index contributed by atoms with van der Waals surface area (Å²) in [6.07, 6.45) is 4.20. The van der Waals surface area contributed by atoms with Crippen LogP contribution >= 0.6 is 0 Å². The number of nitrogens with zero attached hydrogens (tertiary/aromatic N) is 2. The van der Waals surface area contributed by atoms with Crippen molar-refractivity contribution in [3.63, 3.8) is 0 Å². The Bertz CT molecular complexity index is 723. The summed E-state index contributed by atoms with van der Waals surface area (Å²) in [6.45, 7) is 5.74. The molecule has 0 bridgehead atoms. The summed E-state index contributed by atoms with van der Waals surface area (Å²) in [4.78, 5) is 14.9. The van der Waals surface area contributed by atoms with Crippen LogP contribution in [0.5, 0.6) is 5.75 Å². The number of carbonyl (C=O) groups is 1. The van der Waals surface area contributed by atoms with E-state index in [0.29, 0.717) is 12.3 Å². The molecular weight excluding hydrogens is 302 g/mol. The highest BCUT2D eigenvalue weighted by Crippen LogP contribution is 2.33. The maximum absolute atomic E-state index is 12.9. The van der Waals surface area contributed by atoms with Gasteiger partial charge in [0.15, 0.2) is 6.10 Å². The molecule has 5 nitrogen and oxygen atoms in total. The van der Waals surface area contributed by atoms with Crippen molar-refractivity contribution in [2.45, 2.75) is 45.1 Å². The third-order valence-electron chi connectivity index (χ3n) is 5.32. The first-order valence-electron chi connectivity index (χ1n) is 8.66. The molecule has 1 N–H and O–H groups in total. The fourth-order valence-electron chi connectivity index (χ4n) is 3.78. The van der Waals surface area contributed by atoms with Gasteiger partial charge in [-0.25, -0.2) is 0 Å². The number of aromatic amines is 1. The van der Waals surface area contributed by atoms with Crippen LogP contribution in [0.15, 0.2) is 24.4 Å². The average Bonchev–Trinajstić information content (AvgIpc) is 3.24. The largest absolute Gasteiger partial charge is 0.480 e. The number of benzene rings is 1. The minimum absolute atomic E-state index is 0.116. The van der Waals surface area contributed by atoms with Crippen molar-refractivity contribution >= 4 is 5.91 Å². The Morgan fingerprint density at radius 1 is 1.33 bits per heavy atom. The summed E-state index contributed by atoms with van der Waals surface area (Å²) < 4.78 is 5.97. The third-order valence-corrected chi connectivity index (χ3v) is 5.32. The van der Waals surface area contributed by atoms with E-state index in [2.05, 4.69) is 36.2 Å². The van der Waals surface area contributed by atoms with Gasteiger partial charge in [-0.05, 0) is 55.5 Å². The second-order valence-electron chi connectivity index (χ2n) is 6.99. The first-order chi connectivity index (χ1) is 11.6. The molecule has 0 unspecified atom stereocenters. The van der Waals surface area contributed by atoms with Crippen molar-refractivity contribution in [1.82, 2.24) is 15.1 Å². The number of hydrogen-bond acceptors (Lipinski definition) is 3. The van der Waals surface area contributed by atoms with Gasteiger partial charge in [-0.2, -0.15) is 5.10 Å². The van der Waals surface area contributed by atoms with Gasteiger partial charge in [0.1, 0.15) is 5.75 Å². The monoisotopic (exact) mass is 325 g/mol. The predicted molar refractivity (Wildman–Crippen MR) is 91.2 cm³/mol. The second kappa shape index (κ2) is 5.96. The number of aryl methyl sites for hydroxylation is 2. The van der Waals surface area contributed by atoms with E-state index < -0.39 is 0 Å². The Morgan fingerprint density at radius 3 is 2.96 bits per heavy atom. The lowest BCUT2D eigenvalue weighted by atomic mass is 9.94. The van der Waals surface area contributed by atoms with Crippen LogP contribution < -0.4 is 4.74 Å². The number of amides is 1. The maximum Gasteiger partial charge on any atom is 0.264 e. The SMILES string of the molecule is Cc1cc2c(cc1C)O[C@H](C(=O)N1CCC[C@H](c3ccn[nH]3)C1)C2. The fraction of sp³-hybridized carbons (Fsp3) is 0.474. The van der Waals surface area contributed by atoms with Crippen molar-refractivity contribution in [3.8, 4) is 5.75 Å². The van der Waals surface area contributed by atoms with Crippen LogP contribution in [0.2, 0.25) is 0 Å².